The number of aromatic amines is 1. The third-order valence-corrected chi connectivity index (χ3v) is 4.73. The van der Waals surface area contributed by atoms with Crippen LogP contribution in [0.3, 0.4) is 0 Å². The zero-order valence-electron chi connectivity index (χ0n) is 13.7. The molecule has 0 bridgehead atoms. The summed E-state index contributed by atoms with van der Waals surface area (Å²) in [6.45, 7) is 0. The number of halogens is 1. The van der Waals surface area contributed by atoms with E-state index in [-0.39, 0.29) is 17.4 Å². The van der Waals surface area contributed by atoms with Gasteiger partial charge in [-0.2, -0.15) is 0 Å². The smallest absolute Gasteiger partial charge is 0.234 e. The zero-order valence-corrected chi connectivity index (χ0v) is 16.1. The molecule has 134 valence electrons. The molecule has 0 aliphatic heterocycles. The Labute approximate surface area is 162 Å². The Morgan fingerprint density at radius 2 is 2.08 bits per heavy atom. The number of ether oxygens (including phenoxy) is 1. The number of phenolic OH excluding ortho intramolecular Hbond substituents is 1. The number of phenols is 1. The summed E-state index contributed by atoms with van der Waals surface area (Å²) in [7, 11) is 1.59. The second-order valence-electron chi connectivity index (χ2n) is 5.19. The molecule has 0 spiro atoms. The highest BCUT2D eigenvalue weighted by atomic mass is 79.9. The largest absolute Gasteiger partial charge is 0.507 e. The van der Waals surface area contributed by atoms with Crippen LogP contribution in [0, 0.1) is 0 Å². The Kier molecular flexibility index (Phi) is 5.79. The van der Waals surface area contributed by atoms with E-state index in [1.54, 1.807) is 49.6 Å². The Balaban J connectivity index is 1.59. The van der Waals surface area contributed by atoms with Crippen molar-refractivity contribution in [1.82, 2.24) is 15.2 Å². The third-order valence-electron chi connectivity index (χ3n) is 3.38. The molecule has 3 N–H and O–H groups in total. The van der Waals surface area contributed by atoms with E-state index in [9.17, 15) is 9.90 Å². The SMILES string of the molecule is COc1ccc(NC(=O)CSc2n[nH]c(-c3cc(Br)ccc3O)n2)cc1. The zero-order chi connectivity index (χ0) is 18.5. The van der Waals surface area contributed by atoms with Crippen LogP contribution < -0.4 is 10.1 Å². The summed E-state index contributed by atoms with van der Waals surface area (Å²) in [4.78, 5) is 16.3. The number of aromatic hydroxyl groups is 1. The molecule has 0 unspecified atom stereocenters. The van der Waals surface area contributed by atoms with Crippen LogP contribution >= 0.6 is 27.7 Å². The normalized spacial score (nSPS) is 10.5. The Bertz CT molecular complexity index is 915. The minimum atomic E-state index is -0.170. The van der Waals surface area contributed by atoms with Crippen molar-refractivity contribution in [3.05, 3.63) is 46.9 Å². The van der Waals surface area contributed by atoms with Crippen LogP contribution in [0.5, 0.6) is 11.5 Å². The average Bonchev–Trinajstić information content (AvgIpc) is 3.11. The van der Waals surface area contributed by atoms with Crippen LogP contribution in [0.4, 0.5) is 5.69 Å². The maximum Gasteiger partial charge on any atom is 0.234 e. The highest BCUT2D eigenvalue weighted by Gasteiger charge is 2.12. The number of nitrogens with zero attached hydrogens (tertiary/aromatic N) is 2. The number of anilines is 1. The third kappa shape index (κ3) is 4.55. The van der Waals surface area contributed by atoms with Crippen LogP contribution in [-0.4, -0.2) is 39.1 Å². The van der Waals surface area contributed by atoms with Crippen molar-refractivity contribution in [1.29, 1.82) is 0 Å². The molecule has 1 heterocycles. The van der Waals surface area contributed by atoms with Crippen molar-refractivity contribution in [3.63, 3.8) is 0 Å². The summed E-state index contributed by atoms with van der Waals surface area (Å²) >= 11 is 4.55. The van der Waals surface area contributed by atoms with Gasteiger partial charge in [-0.1, -0.05) is 27.7 Å². The number of amides is 1. The number of hydrogen-bond acceptors (Lipinski definition) is 6. The number of benzene rings is 2. The molecule has 0 aliphatic rings. The second kappa shape index (κ2) is 8.24. The van der Waals surface area contributed by atoms with E-state index in [1.807, 2.05) is 0 Å². The molecular formula is C17H15BrN4O3S. The molecule has 0 saturated carbocycles. The van der Waals surface area contributed by atoms with Crippen molar-refractivity contribution >= 4 is 39.3 Å². The summed E-state index contributed by atoms with van der Waals surface area (Å²) in [6.07, 6.45) is 0. The number of H-pyrrole nitrogens is 1. The first-order chi connectivity index (χ1) is 12.5. The van der Waals surface area contributed by atoms with E-state index in [4.69, 9.17) is 4.74 Å². The van der Waals surface area contributed by atoms with Crippen LogP contribution in [-0.2, 0) is 4.79 Å². The van der Waals surface area contributed by atoms with E-state index in [0.29, 0.717) is 22.2 Å². The Hall–Kier alpha value is -2.52. The topological polar surface area (TPSA) is 100 Å². The molecule has 3 rings (SSSR count). The van der Waals surface area contributed by atoms with E-state index in [2.05, 4.69) is 36.4 Å². The first-order valence-electron chi connectivity index (χ1n) is 7.53. The minimum Gasteiger partial charge on any atom is -0.507 e. The van der Waals surface area contributed by atoms with Gasteiger partial charge in [0.2, 0.25) is 11.1 Å². The summed E-state index contributed by atoms with van der Waals surface area (Å²) in [6, 6.07) is 12.1. The number of rotatable bonds is 6. The first-order valence-corrected chi connectivity index (χ1v) is 9.31. The summed E-state index contributed by atoms with van der Waals surface area (Å²) < 4.78 is 5.89. The second-order valence-corrected chi connectivity index (χ2v) is 7.05. The van der Waals surface area contributed by atoms with Gasteiger partial charge in [0.15, 0.2) is 5.82 Å². The molecule has 2 aromatic carbocycles. The predicted octanol–water partition coefficient (Wildman–Crippen LogP) is 3.68. The first kappa shape index (κ1) is 18.3. The van der Waals surface area contributed by atoms with Crippen molar-refractivity contribution in [2.75, 3.05) is 18.2 Å². The van der Waals surface area contributed by atoms with Gasteiger partial charge < -0.3 is 15.2 Å². The average molecular weight is 435 g/mol. The Morgan fingerprint density at radius 3 is 2.81 bits per heavy atom. The molecule has 1 aromatic heterocycles. The van der Waals surface area contributed by atoms with Gasteiger partial charge in [0.25, 0.3) is 0 Å². The fourth-order valence-electron chi connectivity index (χ4n) is 2.13. The lowest BCUT2D eigenvalue weighted by atomic mass is 10.2. The van der Waals surface area contributed by atoms with Gasteiger partial charge in [-0.25, -0.2) is 4.98 Å². The molecule has 7 nitrogen and oxygen atoms in total. The van der Waals surface area contributed by atoms with Gasteiger partial charge in [-0.3, -0.25) is 9.89 Å². The number of aromatic nitrogens is 3. The summed E-state index contributed by atoms with van der Waals surface area (Å²) in [5.74, 6) is 1.24. The maximum atomic E-state index is 12.0. The molecule has 26 heavy (non-hydrogen) atoms. The number of hydrogen-bond donors (Lipinski definition) is 3. The molecule has 0 fully saturated rings. The van der Waals surface area contributed by atoms with Gasteiger partial charge in [0.1, 0.15) is 11.5 Å². The number of carbonyl (C=O) groups is 1. The van der Waals surface area contributed by atoms with Gasteiger partial charge in [-0.05, 0) is 42.5 Å². The highest BCUT2D eigenvalue weighted by molar-refractivity contribution is 9.10. The van der Waals surface area contributed by atoms with Crippen LogP contribution in [0.25, 0.3) is 11.4 Å². The molecule has 1 amide bonds. The lowest BCUT2D eigenvalue weighted by Gasteiger charge is -2.05. The quantitative estimate of drug-likeness (QED) is 0.511. The maximum absolute atomic E-state index is 12.0. The molecule has 0 aliphatic carbocycles. The lowest BCUT2D eigenvalue weighted by molar-refractivity contribution is -0.113. The van der Waals surface area contributed by atoms with E-state index < -0.39 is 0 Å². The number of methoxy groups -OCH3 is 1. The van der Waals surface area contributed by atoms with Crippen molar-refractivity contribution in [2.45, 2.75) is 5.16 Å². The minimum absolute atomic E-state index is 0.0955. The van der Waals surface area contributed by atoms with E-state index >= 15 is 0 Å². The molecule has 0 saturated heterocycles. The summed E-state index contributed by atoms with van der Waals surface area (Å²) in [5.41, 5.74) is 1.22. The van der Waals surface area contributed by atoms with Gasteiger partial charge in [0, 0.05) is 10.2 Å². The number of nitrogens with one attached hydrogen (secondary N) is 2. The lowest BCUT2D eigenvalue weighted by Crippen LogP contribution is -2.14. The van der Waals surface area contributed by atoms with Crippen molar-refractivity contribution in [2.24, 2.45) is 0 Å². The molecule has 0 radical (unpaired) electrons. The van der Waals surface area contributed by atoms with Crippen LogP contribution in [0.1, 0.15) is 0 Å². The monoisotopic (exact) mass is 434 g/mol. The van der Waals surface area contributed by atoms with Gasteiger partial charge >= 0.3 is 0 Å². The predicted molar refractivity (Wildman–Crippen MR) is 104 cm³/mol. The highest BCUT2D eigenvalue weighted by Crippen LogP contribution is 2.30. The molecule has 3 aromatic rings. The molecule has 9 heteroatoms. The van der Waals surface area contributed by atoms with Crippen molar-refractivity contribution < 1.29 is 14.6 Å². The van der Waals surface area contributed by atoms with E-state index in [1.165, 1.54) is 11.8 Å². The number of carbonyl (C=O) groups excluding carboxylic acids is 1. The van der Waals surface area contributed by atoms with Crippen LogP contribution in [0.2, 0.25) is 0 Å². The van der Waals surface area contributed by atoms with Gasteiger partial charge in [-0.15, -0.1) is 5.10 Å². The van der Waals surface area contributed by atoms with Crippen LogP contribution in [0.15, 0.2) is 52.1 Å². The standard InChI is InChI=1S/C17H15BrN4O3S/c1-25-12-5-3-11(4-6-12)19-15(24)9-26-17-20-16(21-22-17)13-8-10(18)2-7-14(13)23/h2-8,23H,9H2,1H3,(H,19,24)(H,20,21,22). The summed E-state index contributed by atoms with van der Waals surface area (Å²) in [5, 5.41) is 20.0. The fourth-order valence-corrected chi connectivity index (χ4v) is 3.09. The fraction of sp³-hybridized carbons (Fsp3) is 0.118. The Morgan fingerprint density at radius 1 is 1.31 bits per heavy atom. The van der Waals surface area contributed by atoms with Gasteiger partial charge in [0.05, 0.1) is 18.4 Å². The molecular weight excluding hydrogens is 420 g/mol. The van der Waals surface area contributed by atoms with E-state index in [0.717, 1.165) is 10.2 Å². The molecule has 0 atom stereocenters. The number of thioether (sulfide) groups is 1. The van der Waals surface area contributed by atoms with Crippen molar-refractivity contribution in [3.8, 4) is 22.9 Å².